The molecule has 1 aromatic rings. The number of rotatable bonds is 4. The molecule has 0 heterocycles. The number of benzene rings is 1. The first-order valence-corrected chi connectivity index (χ1v) is 5.79. The second-order valence-electron chi connectivity index (χ2n) is 2.54. The van der Waals surface area contributed by atoms with Gasteiger partial charge in [-0.1, -0.05) is 0 Å². The van der Waals surface area contributed by atoms with Crippen LogP contribution in [0.4, 0.5) is 5.69 Å². The van der Waals surface area contributed by atoms with Gasteiger partial charge in [0.25, 0.3) is 0 Å². The van der Waals surface area contributed by atoms with Gasteiger partial charge in [0.15, 0.2) is 0 Å². The molecule has 0 aromatic heterocycles. The maximum Gasteiger partial charge on any atom is 0.0635 e. The standard InChI is InChI=1S/C9H11BrINO/c1-13-5-4-12-9-3-2-7(11)6-8(9)10/h2-3,6,12H,4-5H2,1H3. The Morgan fingerprint density at radius 3 is 2.92 bits per heavy atom. The van der Waals surface area contributed by atoms with Crippen LogP contribution in [0.25, 0.3) is 0 Å². The van der Waals surface area contributed by atoms with Crippen molar-refractivity contribution in [2.24, 2.45) is 0 Å². The number of methoxy groups -OCH3 is 1. The van der Waals surface area contributed by atoms with E-state index < -0.39 is 0 Å². The van der Waals surface area contributed by atoms with Crippen LogP contribution < -0.4 is 5.32 Å². The fourth-order valence-corrected chi connectivity index (χ4v) is 2.36. The largest absolute Gasteiger partial charge is 0.383 e. The van der Waals surface area contributed by atoms with Crippen molar-refractivity contribution in [3.05, 3.63) is 26.2 Å². The summed E-state index contributed by atoms with van der Waals surface area (Å²) in [5, 5.41) is 3.27. The van der Waals surface area contributed by atoms with Gasteiger partial charge in [-0.05, 0) is 56.7 Å². The third-order valence-corrected chi connectivity index (χ3v) is 2.88. The lowest BCUT2D eigenvalue weighted by Gasteiger charge is -2.07. The first-order chi connectivity index (χ1) is 6.24. The molecule has 0 bridgehead atoms. The third kappa shape index (κ3) is 3.83. The van der Waals surface area contributed by atoms with E-state index in [9.17, 15) is 0 Å². The molecule has 1 aromatic carbocycles. The molecule has 0 aliphatic rings. The van der Waals surface area contributed by atoms with Gasteiger partial charge < -0.3 is 10.1 Å². The molecule has 0 spiro atoms. The van der Waals surface area contributed by atoms with Crippen LogP contribution >= 0.6 is 38.5 Å². The van der Waals surface area contributed by atoms with Crippen LogP contribution in [0.1, 0.15) is 0 Å². The van der Waals surface area contributed by atoms with Crippen molar-refractivity contribution in [3.8, 4) is 0 Å². The summed E-state index contributed by atoms with van der Waals surface area (Å²) in [4.78, 5) is 0. The summed E-state index contributed by atoms with van der Waals surface area (Å²) in [6.45, 7) is 1.55. The van der Waals surface area contributed by atoms with Crippen molar-refractivity contribution >= 4 is 44.2 Å². The zero-order valence-corrected chi connectivity index (χ0v) is 11.1. The van der Waals surface area contributed by atoms with Crippen LogP contribution in [0, 0.1) is 3.57 Å². The highest BCUT2D eigenvalue weighted by Crippen LogP contribution is 2.23. The summed E-state index contributed by atoms with van der Waals surface area (Å²) in [7, 11) is 1.70. The Hall–Kier alpha value is 0.190. The first kappa shape index (κ1) is 11.3. The average molecular weight is 356 g/mol. The number of hydrogen-bond acceptors (Lipinski definition) is 2. The minimum Gasteiger partial charge on any atom is -0.383 e. The summed E-state index contributed by atoms with van der Waals surface area (Å²) in [6.07, 6.45) is 0. The predicted octanol–water partition coefficient (Wildman–Crippen LogP) is 3.11. The maximum atomic E-state index is 4.95. The fourth-order valence-electron chi connectivity index (χ4n) is 0.921. The molecule has 0 saturated carbocycles. The highest BCUT2D eigenvalue weighted by molar-refractivity contribution is 14.1. The highest BCUT2D eigenvalue weighted by Gasteiger charge is 1.98. The van der Waals surface area contributed by atoms with Gasteiger partial charge in [0, 0.05) is 27.4 Å². The minimum atomic E-state index is 0.721. The molecular formula is C9H11BrINO. The topological polar surface area (TPSA) is 21.3 Å². The summed E-state index contributed by atoms with van der Waals surface area (Å²) < 4.78 is 7.26. The van der Waals surface area contributed by atoms with Crippen LogP contribution in [-0.4, -0.2) is 20.3 Å². The van der Waals surface area contributed by atoms with E-state index >= 15 is 0 Å². The van der Waals surface area contributed by atoms with Gasteiger partial charge in [0.1, 0.15) is 0 Å². The van der Waals surface area contributed by atoms with Crippen LogP contribution in [0.5, 0.6) is 0 Å². The van der Waals surface area contributed by atoms with Crippen molar-refractivity contribution in [2.45, 2.75) is 0 Å². The number of hydrogen-bond donors (Lipinski definition) is 1. The maximum absolute atomic E-state index is 4.95. The molecule has 4 heteroatoms. The number of ether oxygens (including phenoxy) is 1. The lowest BCUT2D eigenvalue weighted by atomic mass is 10.3. The third-order valence-electron chi connectivity index (χ3n) is 1.55. The van der Waals surface area contributed by atoms with Gasteiger partial charge in [-0.2, -0.15) is 0 Å². The molecule has 2 nitrogen and oxygen atoms in total. The molecular weight excluding hydrogens is 345 g/mol. The lowest BCUT2D eigenvalue weighted by Crippen LogP contribution is -2.07. The fraction of sp³-hybridized carbons (Fsp3) is 0.333. The molecule has 0 amide bonds. The molecule has 0 radical (unpaired) electrons. The summed E-state index contributed by atoms with van der Waals surface area (Å²) in [5.74, 6) is 0. The van der Waals surface area contributed by atoms with E-state index in [1.807, 2.05) is 0 Å². The van der Waals surface area contributed by atoms with E-state index in [4.69, 9.17) is 4.74 Å². The Bertz CT molecular complexity index is 280. The van der Waals surface area contributed by atoms with Crippen LogP contribution in [-0.2, 0) is 4.74 Å². The number of anilines is 1. The molecule has 0 fully saturated rings. The first-order valence-electron chi connectivity index (χ1n) is 3.92. The monoisotopic (exact) mass is 355 g/mol. The normalized spacial score (nSPS) is 10.1. The van der Waals surface area contributed by atoms with Crippen molar-refractivity contribution < 1.29 is 4.74 Å². The zero-order chi connectivity index (χ0) is 9.68. The highest BCUT2D eigenvalue weighted by atomic mass is 127. The Morgan fingerprint density at radius 2 is 2.31 bits per heavy atom. The van der Waals surface area contributed by atoms with Crippen molar-refractivity contribution in [3.63, 3.8) is 0 Å². The molecule has 0 atom stereocenters. The van der Waals surface area contributed by atoms with Gasteiger partial charge >= 0.3 is 0 Å². The molecule has 0 saturated heterocycles. The van der Waals surface area contributed by atoms with Crippen LogP contribution in [0.15, 0.2) is 22.7 Å². The summed E-state index contributed by atoms with van der Waals surface area (Å²) >= 11 is 5.78. The second-order valence-corrected chi connectivity index (χ2v) is 4.64. The van der Waals surface area contributed by atoms with E-state index in [1.165, 1.54) is 3.57 Å². The van der Waals surface area contributed by atoms with Crippen LogP contribution in [0.2, 0.25) is 0 Å². The zero-order valence-electron chi connectivity index (χ0n) is 7.31. The summed E-state index contributed by atoms with van der Waals surface area (Å²) in [6, 6.07) is 6.21. The van der Waals surface area contributed by atoms with E-state index in [0.29, 0.717) is 0 Å². The van der Waals surface area contributed by atoms with E-state index in [1.54, 1.807) is 7.11 Å². The van der Waals surface area contributed by atoms with Crippen LogP contribution in [0.3, 0.4) is 0 Å². The molecule has 1 rings (SSSR count). The number of nitrogens with one attached hydrogen (secondary N) is 1. The quantitative estimate of drug-likeness (QED) is 0.662. The Morgan fingerprint density at radius 1 is 1.54 bits per heavy atom. The van der Waals surface area contributed by atoms with Gasteiger partial charge in [-0.25, -0.2) is 0 Å². The smallest absolute Gasteiger partial charge is 0.0635 e. The molecule has 1 N–H and O–H groups in total. The second kappa shape index (κ2) is 5.82. The minimum absolute atomic E-state index is 0.721. The number of halogens is 2. The van der Waals surface area contributed by atoms with Gasteiger partial charge in [-0.15, -0.1) is 0 Å². The SMILES string of the molecule is COCCNc1ccc(I)cc1Br. The van der Waals surface area contributed by atoms with E-state index in [2.05, 4.69) is 62.0 Å². The molecule has 0 aliphatic carbocycles. The molecule has 13 heavy (non-hydrogen) atoms. The van der Waals surface area contributed by atoms with Gasteiger partial charge in [0.2, 0.25) is 0 Å². The lowest BCUT2D eigenvalue weighted by molar-refractivity contribution is 0.211. The molecule has 0 unspecified atom stereocenters. The van der Waals surface area contributed by atoms with Crippen molar-refractivity contribution in [2.75, 3.05) is 25.6 Å². The van der Waals surface area contributed by atoms with Crippen molar-refractivity contribution in [1.29, 1.82) is 0 Å². The Balaban J connectivity index is 2.56. The molecule has 0 aliphatic heterocycles. The summed E-state index contributed by atoms with van der Waals surface area (Å²) in [5.41, 5.74) is 1.11. The van der Waals surface area contributed by atoms with Gasteiger partial charge in [-0.3, -0.25) is 0 Å². The Labute approximate surface area is 100 Å². The average Bonchev–Trinajstić information content (AvgIpc) is 2.09. The molecule has 72 valence electrons. The van der Waals surface area contributed by atoms with Crippen molar-refractivity contribution in [1.82, 2.24) is 0 Å². The predicted molar refractivity (Wildman–Crippen MR) is 67.2 cm³/mol. The van der Waals surface area contributed by atoms with E-state index in [-0.39, 0.29) is 0 Å². The van der Waals surface area contributed by atoms with E-state index in [0.717, 1.165) is 23.3 Å². The Kier molecular flexibility index (Phi) is 5.05. The van der Waals surface area contributed by atoms with Gasteiger partial charge in [0.05, 0.1) is 6.61 Å².